The maximum Gasteiger partial charge on any atom is 0.349 e. The molecule has 0 fully saturated rings. The average Bonchev–Trinajstić information content (AvgIpc) is 3.23. The number of benzene rings is 1. The van der Waals surface area contributed by atoms with Crippen molar-refractivity contribution in [2.24, 2.45) is 0 Å². The van der Waals surface area contributed by atoms with Gasteiger partial charge in [-0.25, -0.2) is 4.79 Å². The predicted molar refractivity (Wildman–Crippen MR) is 111 cm³/mol. The Bertz CT molecular complexity index is 1020. The van der Waals surface area contributed by atoms with Crippen molar-refractivity contribution in [3.63, 3.8) is 0 Å². The second kappa shape index (κ2) is 8.58. The van der Waals surface area contributed by atoms with Gasteiger partial charge < -0.3 is 10.1 Å². The maximum atomic E-state index is 12.5. The number of carbonyl (C=O) groups is 2. The van der Waals surface area contributed by atoms with Crippen molar-refractivity contribution in [2.75, 3.05) is 6.54 Å². The number of ether oxygens (including phenoxy) is 1. The third-order valence-electron chi connectivity index (χ3n) is 4.13. The SMILES string of the molecule is C=CCNC(=O)[C@H](C)OC(=O)c1cc2c(C)nn(Cc3ccc(Cl)cc3)c2s1. The lowest BCUT2D eigenvalue weighted by molar-refractivity contribution is -0.128. The van der Waals surface area contributed by atoms with Crippen molar-refractivity contribution in [3.8, 4) is 0 Å². The Balaban J connectivity index is 1.78. The first-order chi connectivity index (χ1) is 13.4. The standard InChI is InChI=1S/C20H20ClN3O3S/c1-4-9-22-18(25)13(3)27-20(26)17-10-16-12(2)23-24(19(16)28-17)11-14-5-7-15(21)8-6-14/h4-8,10,13H,1,9,11H2,2-3H3,(H,22,25)/t13-/m0/s1. The van der Waals surface area contributed by atoms with Crippen LogP contribution in [-0.2, 0) is 16.1 Å². The fraction of sp³-hybridized carbons (Fsp3) is 0.250. The van der Waals surface area contributed by atoms with Crippen molar-refractivity contribution in [1.82, 2.24) is 15.1 Å². The summed E-state index contributed by atoms with van der Waals surface area (Å²) in [5.41, 5.74) is 1.88. The van der Waals surface area contributed by atoms with Crippen molar-refractivity contribution in [3.05, 3.63) is 64.1 Å². The van der Waals surface area contributed by atoms with Crippen LogP contribution in [0.1, 0.15) is 27.9 Å². The number of thiophene rings is 1. The molecule has 0 saturated carbocycles. The fourth-order valence-electron chi connectivity index (χ4n) is 2.67. The number of nitrogens with zero attached hydrogens (tertiary/aromatic N) is 2. The van der Waals surface area contributed by atoms with E-state index < -0.39 is 12.1 Å². The highest BCUT2D eigenvalue weighted by Crippen LogP contribution is 2.29. The summed E-state index contributed by atoms with van der Waals surface area (Å²) in [5.74, 6) is -0.889. The highest BCUT2D eigenvalue weighted by atomic mass is 35.5. The number of nitrogens with one attached hydrogen (secondary N) is 1. The zero-order chi connectivity index (χ0) is 20.3. The van der Waals surface area contributed by atoms with Crippen LogP contribution in [0.2, 0.25) is 5.02 Å². The summed E-state index contributed by atoms with van der Waals surface area (Å²) in [6.45, 7) is 7.86. The maximum absolute atomic E-state index is 12.5. The van der Waals surface area contributed by atoms with E-state index in [4.69, 9.17) is 16.3 Å². The van der Waals surface area contributed by atoms with Gasteiger partial charge in [-0.15, -0.1) is 17.9 Å². The van der Waals surface area contributed by atoms with Gasteiger partial charge >= 0.3 is 5.97 Å². The first-order valence-corrected chi connectivity index (χ1v) is 9.89. The number of amides is 1. The van der Waals surface area contributed by atoms with Crippen LogP contribution < -0.4 is 5.32 Å². The Morgan fingerprint density at radius 3 is 2.79 bits per heavy atom. The predicted octanol–water partition coefficient (Wildman–Crippen LogP) is 3.96. The summed E-state index contributed by atoms with van der Waals surface area (Å²) in [7, 11) is 0. The molecule has 1 N–H and O–H groups in total. The van der Waals surface area contributed by atoms with Gasteiger partial charge in [-0.2, -0.15) is 5.10 Å². The van der Waals surface area contributed by atoms with Crippen LogP contribution in [0.3, 0.4) is 0 Å². The second-order valence-electron chi connectivity index (χ2n) is 6.28. The molecule has 0 spiro atoms. The summed E-state index contributed by atoms with van der Waals surface area (Å²) in [5, 5.41) is 8.74. The van der Waals surface area contributed by atoms with Crippen LogP contribution in [-0.4, -0.2) is 34.3 Å². The largest absolute Gasteiger partial charge is 0.448 e. The van der Waals surface area contributed by atoms with Crippen LogP contribution in [0.4, 0.5) is 0 Å². The molecule has 1 amide bonds. The Morgan fingerprint density at radius 2 is 2.11 bits per heavy atom. The van der Waals surface area contributed by atoms with Crippen LogP contribution >= 0.6 is 22.9 Å². The number of fused-ring (bicyclic) bond motifs is 1. The molecule has 0 aliphatic carbocycles. The smallest absolute Gasteiger partial charge is 0.349 e. The lowest BCUT2D eigenvalue weighted by Gasteiger charge is -2.11. The Labute approximate surface area is 171 Å². The fourth-order valence-corrected chi connectivity index (χ4v) is 3.84. The van der Waals surface area contributed by atoms with E-state index in [2.05, 4.69) is 17.0 Å². The molecule has 2 aromatic heterocycles. The summed E-state index contributed by atoms with van der Waals surface area (Å²) in [6, 6.07) is 9.31. The highest BCUT2D eigenvalue weighted by Gasteiger charge is 2.22. The molecule has 3 aromatic rings. The third-order valence-corrected chi connectivity index (χ3v) is 5.51. The summed E-state index contributed by atoms with van der Waals surface area (Å²) >= 11 is 7.24. The van der Waals surface area contributed by atoms with Crippen LogP contribution in [0, 0.1) is 6.92 Å². The molecular formula is C20H20ClN3O3S. The molecule has 1 aromatic carbocycles. The van der Waals surface area contributed by atoms with Crippen molar-refractivity contribution < 1.29 is 14.3 Å². The number of carbonyl (C=O) groups excluding carboxylic acids is 2. The van der Waals surface area contributed by atoms with Crippen LogP contribution in [0.5, 0.6) is 0 Å². The van der Waals surface area contributed by atoms with Crippen molar-refractivity contribution in [2.45, 2.75) is 26.5 Å². The molecular weight excluding hydrogens is 398 g/mol. The van der Waals surface area contributed by atoms with Crippen LogP contribution in [0.25, 0.3) is 10.2 Å². The zero-order valence-corrected chi connectivity index (χ0v) is 17.1. The lowest BCUT2D eigenvalue weighted by Crippen LogP contribution is -2.35. The van der Waals surface area contributed by atoms with Gasteiger partial charge in [-0.3, -0.25) is 9.48 Å². The van der Waals surface area contributed by atoms with E-state index in [0.29, 0.717) is 23.0 Å². The lowest BCUT2D eigenvalue weighted by atomic mass is 10.2. The number of esters is 1. The molecule has 0 aliphatic heterocycles. The van der Waals surface area contributed by atoms with Crippen molar-refractivity contribution >= 4 is 45.0 Å². The number of halogens is 1. The monoisotopic (exact) mass is 417 g/mol. The minimum Gasteiger partial charge on any atom is -0.448 e. The van der Waals surface area contributed by atoms with Gasteiger partial charge in [-0.1, -0.05) is 29.8 Å². The number of hydrogen-bond donors (Lipinski definition) is 1. The topological polar surface area (TPSA) is 73.2 Å². The normalized spacial score (nSPS) is 12.0. The summed E-state index contributed by atoms with van der Waals surface area (Å²) < 4.78 is 7.14. The van der Waals surface area contributed by atoms with E-state index in [-0.39, 0.29) is 5.91 Å². The Morgan fingerprint density at radius 1 is 1.39 bits per heavy atom. The van der Waals surface area contributed by atoms with Gasteiger partial charge in [0, 0.05) is 17.0 Å². The molecule has 0 radical (unpaired) electrons. The van der Waals surface area contributed by atoms with Crippen molar-refractivity contribution in [1.29, 1.82) is 0 Å². The van der Waals surface area contributed by atoms with E-state index >= 15 is 0 Å². The van der Waals surface area contributed by atoms with Gasteiger partial charge in [0.15, 0.2) is 6.10 Å². The molecule has 3 rings (SSSR count). The number of aromatic nitrogens is 2. The van der Waals surface area contributed by atoms with E-state index in [1.165, 1.54) is 18.3 Å². The molecule has 1 atom stereocenters. The molecule has 2 heterocycles. The van der Waals surface area contributed by atoms with Gasteiger partial charge in [0.2, 0.25) is 0 Å². The summed E-state index contributed by atoms with van der Waals surface area (Å²) in [6.07, 6.45) is 0.678. The van der Waals surface area contributed by atoms with Gasteiger partial charge in [0.05, 0.1) is 12.2 Å². The quantitative estimate of drug-likeness (QED) is 0.466. The molecule has 0 unspecified atom stereocenters. The van der Waals surface area contributed by atoms with Gasteiger partial charge in [-0.05, 0) is 37.6 Å². The molecule has 28 heavy (non-hydrogen) atoms. The van der Waals surface area contributed by atoms with E-state index in [1.54, 1.807) is 12.1 Å². The summed E-state index contributed by atoms with van der Waals surface area (Å²) in [4.78, 5) is 25.6. The molecule has 146 valence electrons. The van der Waals surface area contributed by atoms with Crippen LogP contribution in [0.15, 0.2) is 43.0 Å². The third kappa shape index (κ3) is 4.43. The molecule has 6 nitrogen and oxygen atoms in total. The van der Waals surface area contributed by atoms with Gasteiger partial charge in [0.1, 0.15) is 9.71 Å². The minimum atomic E-state index is -0.885. The van der Waals surface area contributed by atoms with E-state index in [1.807, 2.05) is 35.9 Å². The molecule has 8 heteroatoms. The number of hydrogen-bond acceptors (Lipinski definition) is 5. The van der Waals surface area contributed by atoms with E-state index in [9.17, 15) is 9.59 Å². The first-order valence-electron chi connectivity index (χ1n) is 8.70. The average molecular weight is 418 g/mol. The Kier molecular flexibility index (Phi) is 6.16. The first kappa shape index (κ1) is 20.1. The Hall–Kier alpha value is -2.64. The van der Waals surface area contributed by atoms with E-state index in [0.717, 1.165) is 21.5 Å². The molecule has 0 saturated heterocycles. The minimum absolute atomic E-state index is 0.323. The second-order valence-corrected chi connectivity index (χ2v) is 7.75. The highest BCUT2D eigenvalue weighted by molar-refractivity contribution is 7.20. The molecule has 0 aliphatic rings. The number of rotatable bonds is 7. The number of aryl methyl sites for hydroxylation is 1. The zero-order valence-electron chi connectivity index (χ0n) is 15.6. The van der Waals surface area contributed by atoms with Gasteiger partial charge in [0.25, 0.3) is 5.91 Å². The molecule has 0 bridgehead atoms.